The minimum Gasteiger partial charge on any atom is -0.503 e. The van der Waals surface area contributed by atoms with Gasteiger partial charge in [0.15, 0.2) is 11.5 Å². The predicted octanol–water partition coefficient (Wildman–Crippen LogP) is 3.27. The summed E-state index contributed by atoms with van der Waals surface area (Å²) in [5.41, 5.74) is 7.05. The second-order valence-electron chi connectivity index (χ2n) is 3.55. The molecule has 0 radical (unpaired) electrons. The molecule has 5 heteroatoms. The number of benzene rings is 1. The molecular formula is C12H12BrNO2S. The number of nitrogens with two attached hydrogens (primary N) is 1. The lowest BCUT2D eigenvalue weighted by Crippen LogP contribution is -2.10. The minimum absolute atomic E-state index is 0.0922. The monoisotopic (exact) mass is 313 g/mol. The number of rotatable bonds is 3. The van der Waals surface area contributed by atoms with Gasteiger partial charge in [0.1, 0.15) is 0 Å². The zero-order chi connectivity index (χ0) is 12.4. The number of thiophene rings is 1. The van der Waals surface area contributed by atoms with Crippen LogP contribution in [0.3, 0.4) is 0 Å². The highest BCUT2D eigenvalue weighted by Crippen LogP contribution is 2.38. The molecule has 3 N–H and O–H groups in total. The Morgan fingerprint density at radius 3 is 2.82 bits per heavy atom. The molecule has 0 saturated carbocycles. The summed E-state index contributed by atoms with van der Waals surface area (Å²) >= 11 is 4.89. The van der Waals surface area contributed by atoms with Crippen molar-refractivity contribution in [3.05, 3.63) is 44.6 Å². The second kappa shape index (κ2) is 5.08. The van der Waals surface area contributed by atoms with Crippen LogP contribution < -0.4 is 10.5 Å². The van der Waals surface area contributed by atoms with Crippen LogP contribution in [0.25, 0.3) is 0 Å². The Morgan fingerprint density at radius 1 is 1.47 bits per heavy atom. The van der Waals surface area contributed by atoms with Crippen molar-refractivity contribution in [2.45, 2.75) is 6.04 Å². The molecule has 1 heterocycles. The van der Waals surface area contributed by atoms with Crippen LogP contribution >= 0.6 is 27.3 Å². The van der Waals surface area contributed by atoms with Gasteiger partial charge in [-0.3, -0.25) is 0 Å². The lowest BCUT2D eigenvalue weighted by molar-refractivity contribution is 0.371. The summed E-state index contributed by atoms with van der Waals surface area (Å²) in [6.07, 6.45) is 0. The van der Waals surface area contributed by atoms with E-state index in [1.54, 1.807) is 17.4 Å². The van der Waals surface area contributed by atoms with Crippen LogP contribution in [0.2, 0.25) is 0 Å². The molecule has 0 saturated heterocycles. The Balaban J connectivity index is 2.43. The van der Waals surface area contributed by atoms with E-state index in [1.807, 2.05) is 23.6 Å². The van der Waals surface area contributed by atoms with Crippen LogP contribution in [-0.2, 0) is 0 Å². The smallest absolute Gasteiger partial charge is 0.172 e. The Labute approximate surface area is 112 Å². The van der Waals surface area contributed by atoms with Gasteiger partial charge in [0.05, 0.1) is 17.6 Å². The molecule has 1 aromatic heterocycles. The minimum atomic E-state index is -0.208. The van der Waals surface area contributed by atoms with Crippen molar-refractivity contribution in [3.8, 4) is 11.5 Å². The van der Waals surface area contributed by atoms with E-state index in [1.165, 1.54) is 7.11 Å². The fourth-order valence-electron chi connectivity index (χ4n) is 1.56. The fourth-order valence-corrected chi connectivity index (χ4v) is 2.78. The van der Waals surface area contributed by atoms with E-state index >= 15 is 0 Å². The van der Waals surface area contributed by atoms with Crippen molar-refractivity contribution in [2.75, 3.05) is 7.11 Å². The Morgan fingerprint density at radius 2 is 2.24 bits per heavy atom. The number of methoxy groups -OCH3 is 1. The maximum atomic E-state index is 9.72. The summed E-state index contributed by atoms with van der Waals surface area (Å²) in [6.45, 7) is 0. The first-order valence-electron chi connectivity index (χ1n) is 4.99. The normalized spacial score (nSPS) is 12.4. The second-order valence-corrected chi connectivity index (χ2v) is 5.38. The highest BCUT2D eigenvalue weighted by atomic mass is 79.9. The average molecular weight is 314 g/mol. The molecule has 3 nitrogen and oxygen atoms in total. The first-order chi connectivity index (χ1) is 8.13. The van der Waals surface area contributed by atoms with Gasteiger partial charge in [-0.2, -0.15) is 0 Å². The van der Waals surface area contributed by atoms with E-state index in [9.17, 15) is 5.11 Å². The number of phenolic OH excluding ortho intramolecular Hbond substituents is 1. The van der Waals surface area contributed by atoms with Crippen LogP contribution in [0.4, 0.5) is 0 Å². The molecule has 2 aromatic rings. The maximum absolute atomic E-state index is 9.72. The Kier molecular flexibility index (Phi) is 3.71. The van der Waals surface area contributed by atoms with Crippen LogP contribution in [0, 0.1) is 0 Å². The Hall–Kier alpha value is -1.04. The molecule has 90 valence electrons. The summed E-state index contributed by atoms with van der Waals surface area (Å²) in [5.74, 6) is 0.510. The van der Waals surface area contributed by atoms with Crippen molar-refractivity contribution >= 4 is 27.3 Å². The number of aromatic hydroxyl groups is 1. The van der Waals surface area contributed by atoms with Crippen LogP contribution in [0.5, 0.6) is 11.5 Å². The SMILES string of the molecule is COc1cc([C@@H](N)c2cccs2)cc(Br)c1O. The van der Waals surface area contributed by atoms with E-state index < -0.39 is 0 Å². The molecule has 0 aliphatic carbocycles. The third-order valence-corrected chi connectivity index (χ3v) is 4.04. The largest absolute Gasteiger partial charge is 0.503 e. The van der Waals surface area contributed by atoms with Gasteiger partial charge < -0.3 is 15.6 Å². The van der Waals surface area contributed by atoms with Crippen LogP contribution in [0.15, 0.2) is 34.1 Å². The lowest BCUT2D eigenvalue weighted by Gasteiger charge is -2.13. The van der Waals surface area contributed by atoms with Gasteiger partial charge in [-0.05, 0) is 45.1 Å². The number of hydrogen-bond acceptors (Lipinski definition) is 4. The topological polar surface area (TPSA) is 55.5 Å². The van der Waals surface area contributed by atoms with Crippen LogP contribution in [-0.4, -0.2) is 12.2 Å². The quantitative estimate of drug-likeness (QED) is 0.914. The Bertz CT molecular complexity index is 513. The van der Waals surface area contributed by atoms with Gasteiger partial charge in [-0.25, -0.2) is 0 Å². The fraction of sp³-hybridized carbons (Fsp3) is 0.167. The van der Waals surface area contributed by atoms with E-state index in [0.29, 0.717) is 10.2 Å². The molecule has 1 aromatic carbocycles. The molecule has 0 fully saturated rings. The standard InChI is InChI=1S/C12H12BrNO2S/c1-16-9-6-7(5-8(13)12(9)15)11(14)10-3-2-4-17-10/h2-6,11,15H,14H2,1H3/t11-/m1/s1. The third-order valence-electron chi connectivity index (χ3n) is 2.48. The van der Waals surface area contributed by atoms with Crippen molar-refractivity contribution in [1.82, 2.24) is 0 Å². The summed E-state index contributed by atoms with van der Waals surface area (Å²) < 4.78 is 5.68. The zero-order valence-corrected chi connectivity index (χ0v) is 11.6. The lowest BCUT2D eigenvalue weighted by atomic mass is 10.1. The van der Waals surface area contributed by atoms with Gasteiger partial charge in [0.2, 0.25) is 0 Å². The highest BCUT2D eigenvalue weighted by Gasteiger charge is 2.15. The van der Waals surface area contributed by atoms with Crippen molar-refractivity contribution in [1.29, 1.82) is 0 Å². The summed E-state index contributed by atoms with van der Waals surface area (Å²) in [7, 11) is 1.52. The molecule has 2 rings (SSSR count). The van der Waals surface area contributed by atoms with Gasteiger partial charge >= 0.3 is 0 Å². The highest BCUT2D eigenvalue weighted by molar-refractivity contribution is 9.10. The summed E-state index contributed by atoms with van der Waals surface area (Å²) in [4.78, 5) is 1.07. The van der Waals surface area contributed by atoms with E-state index in [2.05, 4.69) is 15.9 Å². The zero-order valence-electron chi connectivity index (χ0n) is 9.18. The molecule has 0 spiro atoms. The molecule has 0 aliphatic heterocycles. The first kappa shape index (κ1) is 12.4. The van der Waals surface area contributed by atoms with Crippen molar-refractivity contribution < 1.29 is 9.84 Å². The van der Waals surface area contributed by atoms with E-state index in [0.717, 1.165) is 10.4 Å². The van der Waals surface area contributed by atoms with Crippen LogP contribution in [0.1, 0.15) is 16.5 Å². The maximum Gasteiger partial charge on any atom is 0.172 e. The molecule has 0 bridgehead atoms. The summed E-state index contributed by atoms with van der Waals surface area (Å²) in [6, 6.07) is 7.31. The number of hydrogen-bond donors (Lipinski definition) is 2. The van der Waals surface area contributed by atoms with Crippen molar-refractivity contribution in [2.24, 2.45) is 5.73 Å². The average Bonchev–Trinajstić information content (AvgIpc) is 2.85. The molecule has 17 heavy (non-hydrogen) atoms. The van der Waals surface area contributed by atoms with E-state index in [4.69, 9.17) is 10.5 Å². The number of ether oxygens (including phenoxy) is 1. The van der Waals surface area contributed by atoms with Gasteiger partial charge in [-0.15, -0.1) is 11.3 Å². The van der Waals surface area contributed by atoms with E-state index in [-0.39, 0.29) is 11.8 Å². The van der Waals surface area contributed by atoms with Crippen molar-refractivity contribution in [3.63, 3.8) is 0 Å². The number of phenols is 1. The van der Waals surface area contributed by atoms with Gasteiger partial charge in [0, 0.05) is 4.88 Å². The number of halogens is 1. The molecule has 0 aliphatic rings. The molecule has 0 amide bonds. The predicted molar refractivity (Wildman–Crippen MR) is 72.7 cm³/mol. The molecule has 0 unspecified atom stereocenters. The first-order valence-corrected chi connectivity index (χ1v) is 6.66. The third kappa shape index (κ3) is 2.46. The molecule has 1 atom stereocenters. The van der Waals surface area contributed by atoms with Gasteiger partial charge in [0.25, 0.3) is 0 Å². The summed E-state index contributed by atoms with van der Waals surface area (Å²) in [5, 5.41) is 11.7. The van der Waals surface area contributed by atoms with Gasteiger partial charge in [-0.1, -0.05) is 6.07 Å². The molecular weight excluding hydrogens is 302 g/mol.